The van der Waals surface area contributed by atoms with Gasteiger partial charge in [-0.25, -0.2) is 0 Å². The normalized spacial score (nSPS) is 14.4. The Morgan fingerprint density at radius 1 is 0.950 bits per heavy atom. The van der Waals surface area contributed by atoms with Gasteiger partial charge in [0.05, 0.1) is 0 Å². The van der Waals surface area contributed by atoms with Gasteiger partial charge in [0, 0.05) is 26.2 Å². The predicted molar refractivity (Wildman–Crippen MR) is 83.2 cm³/mol. The van der Waals surface area contributed by atoms with Crippen molar-refractivity contribution in [3.8, 4) is 0 Å². The Bertz CT molecular complexity index is 552. The van der Waals surface area contributed by atoms with E-state index in [2.05, 4.69) is 65.7 Å². The fourth-order valence-electron chi connectivity index (χ4n) is 2.88. The van der Waals surface area contributed by atoms with Gasteiger partial charge in [-0.15, -0.1) is 0 Å². The molecule has 1 aliphatic rings. The van der Waals surface area contributed by atoms with Gasteiger partial charge in [0.25, 0.3) is 0 Å². The zero-order valence-corrected chi connectivity index (χ0v) is 12.1. The Kier molecular flexibility index (Phi) is 4.14. The first-order chi connectivity index (χ1) is 9.85. The molecule has 1 heterocycles. The molecule has 0 aromatic heterocycles. The monoisotopic (exact) mass is 266 g/mol. The lowest BCUT2D eigenvalue weighted by molar-refractivity contribution is 0.275. The van der Waals surface area contributed by atoms with Gasteiger partial charge in [-0.3, -0.25) is 4.90 Å². The highest BCUT2D eigenvalue weighted by Crippen LogP contribution is 2.24. The summed E-state index contributed by atoms with van der Waals surface area (Å²) in [6.07, 6.45) is 0. The summed E-state index contributed by atoms with van der Waals surface area (Å²) in [5, 5.41) is 3.39. The first kappa shape index (κ1) is 13.3. The lowest BCUT2D eigenvalue weighted by atomic mass is 10.1. The maximum Gasteiger partial charge on any atom is 0.0244 e. The Balaban J connectivity index is 1.64. The Hall–Kier alpha value is -1.64. The van der Waals surface area contributed by atoms with E-state index in [9.17, 15) is 0 Å². The molecule has 0 bridgehead atoms. The molecule has 0 atom stereocenters. The summed E-state index contributed by atoms with van der Waals surface area (Å²) in [6, 6.07) is 17.7. The SMILES string of the molecule is CCNCc1cccc(CN2Cc3ccccc3C2)c1. The molecule has 0 fully saturated rings. The van der Waals surface area contributed by atoms with Crippen LogP contribution < -0.4 is 5.32 Å². The average molecular weight is 266 g/mol. The fraction of sp³-hybridized carbons (Fsp3) is 0.333. The highest BCUT2D eigenvalue weighted by molar-refractivity contribution is 5.31. The standard InChI is InChI=1S/C18H22N2/c1-2-19-11-15-6-5-7-16(10-15)12-20-13-17-8-3-4-9-18(17)14-20/h3-10,19H,2,11-14H2,1H3. The molecule has 2 heteroatoms. The van der Waals surface area contributed by atoms with Crippen molar-refractivity contribution in [3.05, 3.63) is 70.8 Å². The second kappa shape index (κ2) is 6.21. The predicted octanol–water partition coefficient (Wildman–Crippen LogP) is 3.31. The first-order valence-corrected chi connectivity index (χ1v) is 7.43. The van der Waals surface area contributed by atoms with Crippen LogP contribution in [0.3, 0.4) is 0 Å². The minimum atomic E-state index is 0.963. The van der Waals surface area contributed by atoms with Crippen molar-refractivity contribution >= 4 is 0 Å². The van der Waals surface area contributed by atoms with Crippen LogP contribution in [0.5, 0.6) is 0 Å². The van der Waals surface area contributed by atoms with Crippen molar-refractivity contribution < 1.29 is 0 Å². The van der Waals surface area contributed by atoms with Crippen LogP contribution in [0.25, 0.3) is 0 Å². The molecular formula is C18H22N2. The number of benzene rings is 2. The number of rotatable bonds is 5. The molecule has 1 N–H and O–H groups in total. The molecule has 20 heavy (non-hydrogen) atoms. The molecule has 2 aromatic rings. The second-order valence-corrected chi connectivity index (χ2v) is 5.51. The van der Waals surface area contributed by atoms with Crippen LogP contribution in [-0.2, 0) is 26.2 Å². The minimum absolute atomic E-state index is 0.963. The van der Waals surface area contributed by atoms with Gasteiger partial charge < -0.3 is 5.32 Å². The number of hydrogen-bond donors (Lipinski definition) is 1. The summed E-state index contributed by atoms with van der Waals surface area (Å²) in [5.41, 5.74) is 5.75. The van der Waals surface area contributed by atoms with Gasteiger partial charge >= 0.3 is 0 Å². The van der Waals surface area contributed by atoms with E-state index in [-0.39, 0.29) is 0 Å². The fourth-order valence-corrected chi connectivity index (χ4v) is 2.88. The van der Waals surface area contributed by atoms with Crippen LogP contribution >= 0.6 is 0 Å². The van der Waals surface area contributed by atoms with Gasteiger partial charge in [-0.05, 0) is 28.8 Å². The average Bonchev–Trinajstić information content (AvgIpc) is 2.87. The van der Waals surface area contributed by atoms with Crippen molar-refractivity contribution in [2.75, 3.05) is 6.54 Å². The molecule has 0 radical (unpaired) electrons. The molecule has 0 unspecified atom stereocenters. The number of fused-ring (bicyclic) bond motifs is 1. The van der Waals surface area contributed by atoms with Gasteiger partial charge in [0.1, 0.15) is 0 Å². The maximum atomic E-state index is 3.39. The Morgan fingerprint density at radius 3 is 2.35 bits per heavy atom. The molecule has 2 nitrogen and oxygen atoms in total. The Morgan fingerprint density at radius 2 is 1.65 bits per heavy atom. The van der Waals surface area contributed by atoms with Gasteiger partial charge in [-0.1, -0.05) is 55.5 Å². The van der Waals surface area contributed by atoms with E-state index in [0.717, 1.165) is 32.7 Å². The second-order valence-electron chi connectivity index (χ2n) is 5.51. The summed E-state index contributed by atoms with van der Waals surface area (Å²) in [5.74, 6) is 0. The van der Waals surface area contributed by atoms with Crippen LogP contribution in [0.4, 0.5) is 0 Å². The number of hydrogen-bond acceptors (Lipinski definition) is 2. The van der Waals surface area contributed by atoms with Crippen LogP contribution in [0, 0.1) is 0 Å². The third-order valence-corrected chi connectivity index (χ3v) is 3.88. The van der Waals surface area contributed by atoms with Crippen molar-refractivity contribution in [3.63, 3.8) is 0 Å². The molecule has 104 valence electrons. The number of nitrogens with one attached hydrogen (secondary N) is 1. The zero-order chi connectivity index (χ0) is 13.8. The lowest BCUT2D eigenvalue weighted by Crippen LogP contribution is -2.16. The van der Waals surface area contributed by atoms with Crippen LogP contribution in [-0.4, -0.2) is 11.4 Å². The molecular weight excluding hydrogens is 244 g/mol. The van der Waals surface area contributed by atoms with Gasteiger partial charge in [0.2, 0.25) is 0 Å². The van der Waals surface area contributed by atoms with E-state index in [4.69, 9.17) is 0 Å². The van der Waals surface area contributed by atoms with Crippen LogP contribution in [0.2, 0.25) is 0 Å². The lowest BCUT2D eigenvalue weighted by Gasteiger charge is -2.15. The zero-order valence-electron chi connectivity index (χ0n) is 12.1. The molecule has 3 rings (SSSR count). The molecule has 2 aromatic carbocycles. The molecule has 0 spiro atoms. The van der Waals surface area contributed by atoms with Gasteiger partial charge in [-0.2, -0.15) is 0 Å². The van der Waals surface area contributed by atoms with Crippen LogP contribution in [0.1, 0.15) is 29.2 Å². The Labute approximate surface area is 121 Å². The molecule has 0 saturated carbocycles. The van der Waals surface area contributed by atoms with E-state index >= 15 is 0 Å². The third kappa shape index (κ3) is 3.09. The number of nitrogens with zero attached hydrogens (tertiary/aromatic N) is 1. The summed E-state index contributed by atoms with van der Waals surface area (Å²) < 4.78 is 0. The topological polar surface area (TPSA) is 15.3 Å². The van der Waals surface area contributed by atoms with E-state index < -0.39 is 0 Å². The molecule has 0 saturated heterocycles. The van der Waals surface area contributed by atoms with E-state index in [1.54, 1.807) is 0 Å². The van der Waals surface area contributed by atoms with Gasteiger partial charge in [0.15, 0.2) is 0 Å². The molecule has 1 aliphatic heterocycles. The molecule has 0 amide bonds. The van der Waals surface area contributed by atoms with Crippen molar-refractivity contribution in [2.24, 2.45) is 0 Å². The van der Waals surface area contributed by atoms with Crippen molar-refractivity contribution in [2.45, 2.75) is 33.1 Å². The smallest absolute Gasteiger partial charge is 0.0244 e. The van der Waals surface area contributed by atoms with Crippen molar-refractivity contribution in [1.82, 2.24) is 10.2 Å². The third-order valence-electron chi connectivity index (χ3n) is 3.88. The largest absolute Gasteiger partial charge is 0.313 e. The quantitative estimate of drug-likeness (QED) is 0.893. The van der Waals surface area contributed by atoms with Crippen molar-refractivity contribution in [1.29, 1.82) is 0 Å². The van der Waals surface area contributed by atoms with E-state index in [1.165, 1.54) is 22.3 Å². The maximum absolute atomic E-state index is 3.39. The highest BCUT2D eigenvalue weighted by Gasteiger charge is 2.17. The summed E-state index contributed by atoms with van der Waals surface area (Å²) in [6.45, 7) is 7.32. The first-order valence-electron chi connectivity index (χ1n) is 7.43. The highest BCUT2D eigenvalue weighted by atomic mass is 15.1. The summed E-state index contributed by atoms with van der Waals surface area (Å²) >= 11 is 0. The van der Waals surface area contributed by atoms with E-state index in [1.807, 2.05) is 0 Å². The summed E-state index contributed by atoms with van der Waals surface area (Å²) in [7, 11) is 0. The van der Waals surface area contributed by atoms with Crippen LogP contribution in [0.15, 0.2) is 48.5 Å². The summed E-state index contributed by atoms with van der Waals surface area (Å²) in [4.78, 5) is 2.51. The van der Waals surface area contributed by atoms with E-state index in [0.29, 0.717) is 0 Å². The minimum Gasteiger partial charge on any atom is -0.313 e. The molecule has 0 aliphatic carbocycles.